The number of imidazole rings is 1. The van der Waals surface area contributed by atoms with Crippen LogP contribution in [0, 0.1) is 0 Å². The molecule has 0 spiro atoms. The molecule has 1 aromatic carbocycles. The van der Waals surface area contributed by atoms with E-state index >= 15 is 0 Å². The number of hydrogen-bond donors (Lipinski definition) is 1. The lowest BCUT2D eigenvalue weighted by Crippen LogP contribution is -2.10. The summed E-state index contributed by atoms with van der Waals surface area (Å²) < 4.78 is 2.24. The molecule has 1 aromatic heterocycles. The van der Waals surface area contributed by atoms with E-state index in [1.165, 1.54) is 35.5 Å². The zero-order valence-corrected chi connectivity index (χ0v) is 11.5. The normalized spacial score (nSPS) is 16.1. The first-order valence-electron chi connectivity index (χ1n) is 7.20. The minimum Gasteiger partial charge on any atom is -0.324 e. The van der Waals surface area contributed by atoms with E-state index in [2.05, 4.69) is 40.7 Å². The van der Waals surface area contributed by atoms with Gasteiger partial charge in [0.15, 0.2) is 0 Å². The zero-order chi connectivity index (χ0) is 13.2. The lowest BCUT2D eigenvalue weighted by molar-refractivity contribution is 0.655. The summed E-state index contributed by atoms with van der Waals surface area (Å²) >= 11 is 0. The Morgan fingerprint density at radius 2 is 2.16 bits per heavy atom. The van der Waals surface area contributed by atoms with Gasteiger partial charge in [0, 0.05) is 17.4 Å². The van der Waals surface area contributed by atoms with E-state index in [1.54, 1.807) is 0 Å². The van der Waals surface area contributed by atoms with Crippen LogP contribution in [0.1, 0.15) is 49.2 Å². The highest BCUT2D eigenvalue weighted by atomic mass is 15.1. The first-order chi connectivity index (χ1) is 9.29. The summed E-state index contributed by atoms with van der Waals surface area (Å²) in [4.78, 5) is 4.56. The zero-order valence-electron chi connectivity index (χ0n) is 11.5. The van der Waals surface area contributed by atoms with Gasteiger partial charge in [-0.25, -0.2) is 4.98 Å². The lowest BCUT2D eigenvalue weighted by Gasteiger charge is -2.16. The number of fused-ring (bicyclic) bond motifs is 1. The van der Waals surface area contributed by atoms with Crippen molar-refractivity contribution in [2.24, 2.45) is 5.73 Å². The third-order valence-corrected chi connectivity index (χ3v) is 4.05. The topological polar surface area (TPSA) is 43.8 Å². The summed E-state index contributed by atoms with van der Waals surface area (Å²) in [5.74, 6) is 0. The molecule has 0 amide bonds. The number of rotatable bonds is 3. The Morgan fingerprint density at radius 3 is 3.00 bits per heavy atom. The van der Waals surface area contributed by atoms with Crippen LogP contribution in [0.3, 0.4) is 0 Å². The van der Waals surface area contributed by atoms with Gasteiger partial charge >= 0.3 is 0 Å². The van der Waals surface area contributed by atoms with Gasteiger partial charge in [0.05, 0.1) is 12.0 Å². The Balaban J connectivity index is 2.00. The molecule has 0 fully saturated rings. The van der Waals surface area contributed by atoms with Crippen LogP contribution >= 0.6 is 0 Å². The van der Waals surface area contributed by atoms with Gasteiger partial charge in [-0.05, 0) is 49.8 Å². The summed E-state index contributed by atoms with van der Waals surface area (Å²) in [5.41, 5.74) is 11.2. The Morgan fingerprint density at radius 1 is 1.32 bits per heavy atom. The van der Waals surface area contributed by atoms with Gasteiger partial charge in [0.1, 0.15) is 0 Å². The number of aryl methyl sites for hydroxylation is 1. The monoisotopic (exact) mass is 255 g/mol. The average molecular weight is 255 g/mol. The van der Waals surface area contributed by atoms with Crippen LogP contribution in [0.4, 0.5) is 0 Å². The van der Waals surface area contributed by atoms with Crippen molar-refractivity contribution in [2.75, 3.05) is 0 Å². The number of nitrogens with two attached hydrogens (primary N) is 1. The summed E-state index contributed by atoms with van der Waals surface area (Å²) in [6, 6.07) is 8.67. The molecule has 0 bridgehead atoms. The van der Waals surface area contributed by atoms with Gasteiger partial charge in [-0.2, -0.15) is 0 Å². The number of aromatic nitrogens is 2. The van der Waals surface area contributed by atoms with Crippen molar-refractivity contribution in [3.05, 3.63) is 47.5 Å². The first kappa shape index (κ1) is 12.4. The number of nitrogens with zero attached hydrogens (tertiary/aromatic N) is 2. The second-order valence-electron chi connectivity index (χ2n) is 5.32. The van der Waals surface area contributed by atoms with Gasteiger partial charge in [-0.3, -0.25) is 0 Å². The minimum atomic E-state index is 0.124. The van der Waals surface area contributed by atoms with E-state index in [0.29, 0.717) is 0 Å². The maximum absolute atomic E-state index is 6.13. The van der Waals surface area contributed by atoms with E-state index in [0.717, 1.165) is 19.3 Å². The van der Waals surface area contributed by atoms with Crippen molar-refractivity contribution in [3.8, 4) is 5.69 Å². The molecule has 3 rings (SSSR count). The van der Waals surface area contributed by atoms with Crippen molar-refractivity contribution in [1.82, 2.24) is 9.55 Å². The molecular weight excluding hydrogens is 234 g/mol. The maximum atomic E-state index is 6.13. The summed E-state index contributed by atoms with van der Waals surface area (Å²) in [6.07, 6.45) is 7.73. The number of hydrogen-bond acceptors (Lipinski definition) is 2. The van der Waals surface area contributed by atoms with Crippen LogP contribution in [0.15, 0.2) is 30.6 Å². The predicted molar refractivity (Wildman–Crippen MR) is 77.4 cm³/mol. The highest BCUT2D eigenvalue weighted by molar-refractivity contribution is 5.40. The van der Waals surface area contributed by atoms with Gasteiger partial charge < -0.3 is 10.3 Å². The molecule has 100 valence electrons. The first-order valence-corrected chi connectivity index (χ1v) is 7.20. The largest absolute Gasteiger partial charge is 0.324 e. The Bertz CT molecular complexity index is 571. The molecule has 1 heterocycles. The van der Waals surface area contributed by atoms with Gasteiger partial charge in [0.25, 0.3) is 0 Å². The van der Waals surface area contributed by atoms with Crippen molar-refractivity contribution in [3.63, 3.8) is 0 Å². The van der Waals surface area contributed by atoms with Gasteiger partial charge in [-0.15, -0.1) is 0 Å². The van der Waals surface area contributed by atoms with Crippen LogP contribution in [0.25, 0.3) is 5.69 Å². The number of benzene rings is 1. The molecule has 0 saturated carbocycles. The quantitative estimate of drug-likeness (QED) is 0.915. The van der Waals surface area contributed by atoms with E-state index < -0.39 is 0 Å². The Hall–Kier alpha value is -1.61. The predicted octanol–water partition coefficient (Wildman–Crippen LogP) is 3.16. The van der Waals surface area contributed by atoms with Crippen molar-refractivity contribution in [1.29, 1.82) is 0 Å². The Kier molecular flexibility index (Phi) is 3.38. The summed E-state index contributed by atoms with van der Waals surface area (Å²) in [5, 5.41) is 0. The summed E-state index contributed by atoms with van der Waals surface area (Å²) in [6.45, 7) is 2.12. The minimum absolute atomic E-state index is 0.124. The average Bonchev–Trinajstić information content (AvgIpc) is 2.90. The third kappa shape index (κ3) is 2.30. The molecule has 3 nitrogen and oxygen atoms in total. The van der Waals surface area contributed by atoms with E-state index in [-0.39, 0.29) is 6.04 Å². The van der Waals surface area contributed by atoms with Crippen LogP contribution in [0.2, 0.25) is 0 Å². The molecule has 19 heavy (non-hydrogen) atoms. The molecule has 3 heteroatoms. The fourth-order valence-corrected chi connectivity index (χ4v) is 2.83. The second kappa shape index (κ2) is 5.17. The van der Waals surface area contributed by atoms with Gasteiger partial charge in [0.2, 0.25) is 0 Å². The Labute approximate surface area is 114 Å². The standard InChI is InChI=1S/C16H21N3/c1-2-14(17)12-6-5-7-13(10-12)19-11-18-15-8-3-4-9-16(15)19/h5-7,10-11,14H,2-4,8-9,17H2,1H3. The van der Waals surface area contributed by atoms with E-state index in [1.807, 2.05) is 6.33 Å². The molecule has 0 saturated heterocycles. The highest BCUT2D eigenvalue weighted by Gasteiger charge is 2.16. The maximum Gasteiger partial charge on any atom is 0.0997 e. The molecule has 1 aliphatic carbocycles. The fourth-order valence-electron chi connectivity index (χ4n) is 2.83. The lowest BCUT2D eigenvalue weighted by atomic mass is 10.0. The van der Waals surface area contributed by atoms with E-state index in [4.69, 9.17) is 5.73 Å². The van der Waals surface area contributed by atoms with Crippen LogP contribution in [-0.2, 0) is 12.8 Å². The molecule has 0 radical (unpaired) electrons. The third-order valence-electron chi connectivity index (χ3n) is 4.05. The molecule has 1 aliphatic rings. The van der Waals surface area contributed by atoms with Crippen molar-refractivity contribution in [2.45, 2.75) is 45.1 Å². The molecule has 2 aromatic rings. The molecule has 1 atom stereocenters. The fraction of sp³-hybridized carbons (Fsp3) is 0.438. The molecule has 0 aliphatic heterocycles. The SMILES string of the molecule is CCC(N)c1cccc(-n2cnc3c2CCCC3)c1. The van der Waals surface area contributed by atoms with Crippen LogP contribution in [-0.4, -0.2) is 9.55 Å². The van der Waals surface area contributed by atoms with Gasteiger partial charge in [-0.1, -0.05) is 19.1 Å². The van der Waals surface area contributed by atoms with Crippen molar-refractivity contribution < 1.29 is 0 Å². The smallest absolute Gasteiger partial charge is 0.0997 e. The molecule has 1 unspecified atom stereocenters. The summed E-state index contributed by atoms with van der Waals surface area (Å²) in [7, 11) is 0. The highest BCUT2D eigenvalue weighted by Crippen LogP contribution is 2.24. The van der Waals surface area contributed by atoms with Crippen LogP contribution < -0.4 is 5.73 Å². The van der Waals surface area contributed by atoms with Crippen LogP contribution in [0.5, 0.6) is 0 Å². The molecule has 2 N–H and O–H groups in total. The van der Waals surface area contributed by atoms with E-state index in [9.17, 15) is 0 Å². The van der Waals surface area contributed by atoms with Crippen molar-refractivity contribution >= 4 is 0 Å². The second-order valence-corrected chi connectivity index (χ2v) is 5.32. The molecular formula is C16H21N3.